The lowest BCUT2D eigenvalue weighted by atomic mass is 10.1. The van der Waals surface area contributed by atoms with Gasteiger partial charge in [0.15, 0.2) is 15.9 Å². The molecule has 0 aliphatic heterocycles. The first kappa shape index (κ1) is 20.9. The second-order valence-corrected chi connectivity index (χ2v) is 9.11. The van der Waals surface area contributed by atoms with Crippen LogP contribution in [0.15, 0.2) is 71.6 Å². The van der Waals surface area contributed by atoms with Crippen LogP contribution in [-0.4, -0.2) is 26.7 Å². The highest BCUT2D eigenvalue weighted by molar-refractivity contribution is 7.90. The summed E-state index contributed by atoms with van der Waals surface area (Å²) in [5.74, 6) is 0.441. The number of amides is 1. The third kappa shape index (κ3) is 5.15. The van der Waals surface area contributed by atoms with E-state index in [0.29, 0.717) is 12.2 Å². The van der Waals surface area contributed by atoms with Gasteiger partial charge in [-0.2, -0.15) is 0 Å². The fourth-order valence-corrected chi connectivity index (χ4v) is 3.75. The smallest absolute Gasteiger partial charge is 0.261 e. The maximum absolute atomic E-state index is 12.7. The number of sulfone groups is 1. The Kier molecular flexibility index (Phi) is 6.23. The number of carbonyl (C=O) groups excluding carboxylic acids is 1. The molecule has 0 aromatic heterocycles. The molecule has 29 heavy (non-hydrogen) atoms. The predicted octanol–water partition coefficient (Wildman–Crippen LogP) is 4.28. The fraction of sp³-hybridized carbons (Fsp3) is 0.261. The third-order valence-corrected chi connectivity index (χ3v) is 5.96. The first-order valence-electron chi connectivity index (χ1n) is 9.54. The second kappa shape index (κ2) is 8.66. The van der Waals surface area contributed by atoms with E-state index in [1.807, 2.05) is 56.3 Å². The van der Waals surface area contributed by atoms with E-state index < -0.39 is 15.9 Å². The van der Waals surface area contributed by atoms with Gasteiger partial charge in [-0.25, -0.2) is 8.42 Å². The van der Waals surface area contributed by atoms with E-state index in [-0.39, 0.29) is 16.8 Å². The number of rotatable bonds is 7. The molecule has 0 aliphatic carbocycles. The zero-order valence-corrected chi connectivity index (χ0v) is 17.6. The molecule has 3 aromatic carbocycles. The molecule has 0 spiro atoms. The number of ether oxygens (including phenoxy) is 1. The van der Waals surface area contributed by atoms with Crippen molar-refractivity contribution in [2.75, 3.05) is 6.26 Å². The lowest BCUT2D eigenvalue weighted by Crippen LogP contribution is -2.39. The van der Waals surface area contributed by atoms with Crippen LogP contribution in [0.4, 0.5) is 0 Å². The number of fused-ring (bicyclic) bond motifs is 1. The van der Waals surface area contributed by atoms with Gasteiger partial charge in [-0.05, 0) is 53.9 Å². The highest BCUT2D eigenvalue weighted by atomic mass is 32.2. The van der Waals surface area contributed by atoms with Crippen LogP contribution in [0.2, 0.25) is 0 Å². The van der Waals surface area contributed by atoms with Crippen LogP contribution < -0.4 is 10.1 Å². The molecule has 0 saturated heterocycles. The van der Waals surface area contributed by atoms with Crippen molar-refractivity contribution >= 4 is 26.5 Å². The molecule has 0 fully saturated rings. The maximum atomic E-state index is 12.7. The van der Waals surface area contributed by atoms with Crippen molar-refractivity contribution in [3.63, 3.8) is 0 Å². The molecule has 1 amide bonds. The van der Waals surface area contributed by atoms with E-state index >= 15 is 0 Å². The highest BCUT2D eigenvalue weighted by Gasteiger charge is 2.21. The second-order valence-electron chi connectivity index (χ2n) is 7.10. The van der Waals surface area contributed by atoms with Crippen LogP contribution >= 0.6 is 0 Å². The SMILES string of the molecule is CCC(Oc1ccc2ccccc2c1)C(=O)NC(C)c1ccc(S(C)(=O)=O)cc1. The minimum atomic E-state index is -3.24. The van der Waals surface area contributed by atoms with E-state index in [2.05, 4.69) is 5.32 Å². The number of nitrogens with one attached hydrogen (secondary N) is 1. The first-order valence-corrected chi connectivity index (χ1v) is 11.4. The van der Waals surface area contributed by atoms with Gasteiger partial charge < -0.3 is 10.1 Å². The van der Waals surface area contributed by atoms with E-state index in [0.717, 1.165) is 16.3 Å². The number of carbonyl (C=O) groups is 1. The quantitative estimate of drug-likeness (QED) is 0.630. The third-order valence-electron chi connectivity index (χ3n) is 4.83. The Bertz CT molecular complexity index is 1110. The van der Waals surface area contributed by atoms with Crippen LogP contribution in [0.5, 0.6) is 5.75 Å². The molecule has 2 unspecified atom stereocenters. The Morgan fingerprint density at radius 2 is 1.66 bits per heavy atom. The molecule has 0 radical (unpaired) electrons. The summed E-state index contributed by atoms with van der Waals surface area (Å²) in [6.45, 7) is 3.76. The van der Waals surface area contributed by atoms with Crippen molar-refractivity contribution in [1.82, 2.24) is 5.32 Å². The van der Waals surface area contributed by atoms with E-state index in [4.69, 9.17) is 4.74 Å². The van der Waals surface area contributed by atoms with E-state index in [1.54, 1.807) is 24.3 Å². The molecule has 0 heterocycles. The van der Waals surface area contributed by atoms with Gasteiger partial charge >= 0.3 is 0 Å². The van der Waals surface area contributed by atoms with Crippen LogP contribution in [0.1, 0.15) is 31.9 Å². The van der Waals surface area contributed by atoms with Crippen LogP contribution in [-0.2, 0) is 14.6 Å². The Labute approximate surface area is 171 Å². The average Bonchev–Trinajstić information content (AvgIpc) is 2.71. The summed E-state index contributed by atoms with van der Waals surface area (Å²) in [6.07, 6.45) is 1.08. The lowest BCUT2D eigenvalue weighted by molar-refractivity contribution is -0.128. The van der Waals surface area contributed by atoms with Crippen molar-refractivity contribution in [3.8, 4) is 5.75 Å². The highest BCUT2D eigenvalue weighted by Crippen LogP contribution is 2.22. The topological polar surface area (TPSA) is 72.5 Å². The van der Waals surface area contributed by atoms with Gasteiger partial charge in [-0.15, -0.1) is 0 Å². The zero-order chi connectivity index (χ0) is 21.0. The first-order chi connectivity index (χ1) is 13.8. The molecule has 152 valence electrons. The number of hydrogen-bond donors (Lipinski definition) is 1. The summed E-state index contributed by atoms with van der Waals surface area (Å²) < 4.78 is 29.1. The summed E-state index contributed by atoms with van der Waals surface area (Å²) in [5, 5.41) is 5.12. The Hall–Kier alpha value is -2.86. The summed E-state index contributed by atoms with van der Waals surface area (Å²) in [7, 11) is -3.24. The molecule has 6 heteroatoms. The normalized spacial score (nSPS) is 13.6. The maximum Gasteiger partial charge on any atom is 0.261 e. The molecule has 0 bridgehead atoms. The average molecular weight is 412 g/mol. The van der Waals surface area contributed by atoms with Gasteiger partial charge in [0.2, 0.25) is 0 Å². The zero-order valence-electron chi connectivity index (χ0n) is 16.8. The standard InChI is InChI=1S/C23H25NO4S/c1-4-22(28-20-12-9-18-7-5-6-8-19(18)15-20)23(25)24-16(2)17-10-13-21(14-11-17)29(3,26)27/h5-16,22H,4H2,1-3H3,(H,24,25). The van der Waals surface area contributed by atoms with Gasteiger partial charge in [-0.1, -0.05) is 49.4 Å². The molecule has 2 atom stereocenters. The van der Waals surface area contributed by atoms with Crippen molar-refractivity contribution in [2.45, 2.75) is 37.3 Å². The molecular formula is C23H25NO4S. The molecule has 3 rings (SSSR count). The number of hydrogen-bond acceptors (Lipinski definition) is 4. The van der Waals surface area contributed by atoms with Gasteiger partial charge in [0.25, 0.3) is 5.91 Å². The Balaban J connectivity index is 1.68. The molecule has 1 N–H and O–H groups in total. The molecular weight excluding hydrogens is 386 g/mol. The lowest BCUT2D eigenvalue weighted by Gasteiger charge is -2.21. The van der Waals surface area contributed by atoms with Crippen molar-refractivity contribution in [1.29, 1.82) is 0 Å². The van der Waals surface area contributed by atoms with Crippen LogP contribution in [0, 0.1) is 0 Å². The fourth-order valence-electron chi connectivity index (χ4n) is 3.12. The molecule has 0 saturated carbocycles. The van der Waals surface area contributed by atoms with Gasteiger partial charge in [-0.3, -0.25) is 4.79 Å². The molecule has 5 nitrogen and oxygen atoms in total. The van der Waals surface area contributed by atoms with Gasteiger partial charge in [0.05, 0.1) is 10.9 Å². The summed E-state index contributed by atoms with van der Waals surface area (Å²) in [6, 6.07) is 20.0. The summed E-state index contributed by atoms with van der Waals surface area (Å²) in [5.41, 5.74) is 0.825. The van der Waals surface area contributed by atoms with E-state index in [1.165, 1.54) is 6.26 Å². The van der Waals surface area contributed by atoms with Crippen molar-refractivity contribution in [3.05, 3.63) is 72.3 Å². The van der Waals surface area contributed by atoms with Crippen LogP contribution in [0.25, 0.3) is 10.8 Å². The van der Waals surface area contributed by atoms with Crippen LogP contribution in [0.3, 0.4) is 0 Å². The van der Waals surface area contributed by atoms with Crippen molar-refractivity contribution < 1.29 is 17.9 Å². The predicted molar refractivity (Wildman–Crippen MR) is 115 cm³/mol. The summed E-state index contributed by atoms with van der Waals surface area (Å²) >= 11 is 0. The largest absolute Gasteiger partial charge is 0.481 e. The van der Waals surface area contributed by atoms with Gasteiger partial charge in [0, 0.05) is 6.26 Å². The number of benzene rings is 3. The van der Waals surface area contributed by atoms with Gasteiger partial charge in [0.1, 0.15) is 5.75 Å². The minimum Gasteiger partial charge on any atom is -0.481 e. The summed E-state index contributed by atoms with van der Waals surface area (Å²) in [4.78, 5) is 13.0. The van der Waals surface area contributed by atoms with E-state index in [9.17, 15) is 13.2 Å². The van der Waals surface area contributed by atoms with Crippen molar-refractivity contribution in [2.24, 2.45) is 0 Å². The monoisotopic (exact) mass is 411 g/mol. The Morgan fingerprint density at radius 1 is 1.00 bits per heavy atom. The molecule has 0 aliphatic rings. The Morgan fingerprint density at radius 3 is 2.28 bits per heavy atom. The molecule has 3 aromatic rings. The minimum absolute atomic E-state index is 0.208.